The van der Waals surface area contributed by atoms with Crippen LogP contribution in [0.5, 0.6) is 5.75 Å². The van der Waals surface area contributed by atoms with Crippen LogP contribution in [-0.2, 0) is 13.1 Å². The highest BCUT2D eigenvalue weighted by molar-refractivity contribution is 6.30. The van der Waals surface area contributed by atoms with Crippen molar-refractivity contribution in [1.82, 2.24) is 0 Å². The monoisotopic (exact) mass is 506 g/mol. The number of anilines is 2. The van der Waals surface area contributed by atoms with Gasteiger partial charge in [0.15, 0.2) is 0 Å². The summed E-state index contributed by atoms with van der Waals surface area (Å²) in [4.78, 5) is 0. The van der Waals surface area contributed by atoms with Gasteiger partial charge in [-0.05, 0) is 70.2 Å². The topological polar surface area (TPSA) is 44.3 Å². The fourth-order valence-corrected chi connectivity index (χ4v) is 4.79. The molecule has 36 heavy (non-hydrogen) atoms. The zero-order valence-corrected chi connectivity index (χ0v) is 23.9. The largest absolute Gasteiger partial charge is 0.507 e. The smallest absolute Gasteiger partial charge is 0.125 e. The third-order valence-electron chi connectivity index (χ3n) is 6.90. The number of halogens is 1. The average molecular weight is 507 g/mol. The van der Waals surface area contributed by atoms with E-state index in [2.05, 4.69) is 102 Å². The quantitative estimate of drug-likeness (QED) is 0.256. The molecule has 0 amide bonds. The Kier molecular flexibility index (Phi) is 9.35. The Labute approximate surface area is 223 Å². The molecule has 0 aliphatic heterocycles. The van der Waals surface area contributed by atoms with Crippen molar-refractivity contribution in [2.45, 2.75) is 92.2 Å². The van der Waals surface area contributed by atoms with Crippen molar-refractivity contribution in [3.8, 4) is 5.75 Å². The first-order chi connectivity index (χ1) is 17.0. The molecule has 0 bridgehead atoms. The van der Waals surface area contributed by atoms with Crippen LogP contribution in [0.1, 0.15) is 112 Å². The fourth-order valence-electron chi connectivity index (χ4n) is 4.53. The van der Waals surface area contributed by atoms with E-state index in [4.69, 9.17) is 11.6 Å². The Morgan fingerprint density at radius 2 is 1.00 bits per heavy atom. The maximum atomic E-state index is 11.1. The van der Waals surface area contributed by atoms with Crippen LogP contribution in [0, 0.1) is 0 Å². The van der Waals surface area contributed by atoms with E-state index in [0.29, 0.717) is 41.8 Å². The molecule has 0 saturated carbocycles. The normalized spacial score (nSPS) is 11.7. The lowest BCUT2D eigenvalue weighted by Gasteiger charge is -2.20. The molecule has 0 atom stereocenters. The molecule has 0 unspecified atom stereocenters. The first-order valence-corrected chi connectivity index (χ1v) is 13.6. The summed E-state index contributed by atoms with van der Waals surface area (Å²) in [5.41, 5.74) is 9.03. The number of aromatic hydroxyl groups is 1. The second-order valence-corrected chi connectivity index (χ2v) is 11.5. The van der Waals surface area contributed by atoms with Crippen molar-refractivity contribution in [2.75, 3.05) is 10.6 Å². The highest BCUT2D eigenvalue weighted by Crippen LogP contribution is 2.33. The van der Waals surface area contributed by atoms with Crippen LogP contribution in [0.25, 0.3) is 0 Å². The lowest BCUT2D eigenvalue weighted by atomic mass is 9.94. The maximum absolute atomic E-state index is 11.1. The molecule has 3 nitrogen and oxygen atoms in total. The van der Waals surface area contributed by atoms with Crippen molar-refractivity contribution in [2.24, 2.45) is 0 Å². The van der Waals surface area contributed by atoms with Crippen molar-refractivity contribution in [1.29, 1.82) is 0 Å². The molecule has 3 rings (SSSR count). The minimum atomic E-state index is 0.286. The summed E-state index contributed by atoms with van der Waals surface area (Å²) in [5.74, 6) is 2.06. The Balaban J connectivity index is 1.81. The minimum Gasteiger partial charge on any atom is -0.507 e. The molecule has 3 aromatic rings. The Hall–Kier alpha value is -2.65. The average Bonchev–Trinajstić information content (AvgIpc) is 2.82. The molecule has 0 aromatic heterocycles. The van der Waals surface area contributed by atoms with Crippen molar-refractivity contribution in [3.05, 3.63) is 86.9 Å². The van der Waals surface area contributed by atoms with Gasteiger partial charge in [0.2, 0.25) is 0 Å². The van der Waals surface area contributed by atoms with E-state index in [9.17, 15) is 5.11 Å². The number of hydrogen-bond donors (Lipinski definition) is 3. The van der Waals surface area contributed by atoms with E-state index < -0.39 is 0 Å². The summed E-state index contributed by atoms with van der Waals surface area (Å²) >= 11 is 6.49. The van der Waals surface area contributed by atoms with E-state index in [1.165, 1.54) is 22.3 Å². The second kappa shape index (κ2) is 12.1. The molecule has 4 heteroatoms. The van der Waals surface area contributed by atoms with E-state index in [0.717, 1.165) is 22.5 Å². The number of rotatable bonds is 10. The molecular formula is C32H43ClN2O. The van der Waals surface area contributed by atoms with Crippen LogP contribution < -0.4 is 10.6 Å². The third-order valence-corrected chi connectivity index (χ3v) is 7.12. The Morgan fingerprint density at radius 1 is 0.611 bits per heavy atom. The van der Waals surface area contributed by atoms with Gasteiger partial charge in [-0.25, -0.2) is 0 Å². The molecule has 194 valence electrons. The molecule has 0 spiro atoms. The van der Waals surface area contributed by atoms with Crippen LogP contribution in [0.3, 0.4) is 0 Å². The third kappa shape index (κ3) is 6.76. The summed E-state index contributed by atoms with van der Waals surface area (Å²) in [6.45, 7) is 18.7. The molecule has 3 N–H and O–H groups in total. The zero-order chi connectivity index (χ0) is 26.6. The van der Waals surface area contributed by atoms with Gasteiger partial charge in [-0.2, -0.15) is 0 Å². The Morgan fingerprint density at radius 3 is 1.33 bits per heavy atom. The molecular weight excluding hydrogens is 464 g/mol. The number of benzene rings is 3. The van der Waals surface area contributed by atoms with Gasteiger partial charge in [0.1, 0.15) is 5.75 Å². The summed E-state index contributed by atoms with van der Waals surface area (Å²) in [5, 5.41) is 18.8. The molecule has 0 heterocycles. The molecule has 0 radical (unpaired) electrons. The van der Waals surface area contributed by atoms with Gasteiger partial charge in [0.05, 0.1) is 0 Å². The zero-order valence-electron chi connectivity index (χ0n) is 23.2. The highest BCUT2D eigenvalue weighted by atomic mass is 35.5. The summed E-state index contributed by atoms with van der Waals surface area (Å²) in [6, 6.07) is 17.0. The highest BCUT2D eigenvalue weighted by Gasteiger charge is 2.15. The van der Waals surface area contributed by atoms with E-state index in [1.807, 2.05) is 12.1 Å². The first kappa shape index (κ1) is 27.9. The summed E-state index contributed by atoms with van der Waals surface area (Å²) in [7, 11) is 0. The van der Waals surface area contributed by atoms with Crippen molar-refractivity contribution in [3.63, 3.8) is 0 Å². The molecule has 3 aromatic carbocycles. The lowest BCUT2D eigenvalue weighted by molar-refractivity contribution is 0.463. The summed E-state index contributed by atoms with van der Waals surface area (Å²) in [6.07, 6.45) is 0. The van der Waals surface area contributed by atoms with Gasteiger partial charge in [-0.3, -0.25) is 0 Å². The summed E-state index contributed by atoms with van der Waals surface area (Å²) < 4.78 is 0. The molecule has 0 aliphatic rings. The van der Waals surface area contributed by atoms with Gasteiger partial charge in [0, 0.05) is 40.6 Å². The number of hydrogen-bond acceptors (Lipinski definition) is 3. The van der Waals surface area contributed by atoms with Crippen LogP contribution in [-0.4, -0.2) is 5.11 Å². The predicted molar refractivity (Wildman–Crippen MR) is 157 cm³/mol. The van der Waals surface area contributed by atoms with Crippen LogP contribution in [0.2, 0.25) is 5.02 Å². The minimum absolute atomic E-state index is 0.286. The predicted octanol–water partition coefficient (Wildman–Crippen LogP) is 9.76. The SMILES string of the molecule is CC(C)c1ccc(NCc2cc(Cl)cc(CNc3ccc(C(C)C)cc3C(C)C)c2O)c(C(C)C)c1. The van der Waals surface area contributed by atoms with E-state index in [-0.39, 0.29) is 5.75 Å². The van der Waals surface area contributed by atoms with Crippen LogP contribution >= 0.6 is 11.6 Å². The molecule has 0 aliphatic carbocycles. The number of phenolic OH excluding ortho intramolecular Hbond substituents is 1. The lowest BCUT2D eigenvalue weighted by Crippen LogP contribution is -2.08. The van der Waals surface area contributed by atoms with Crippen LogP contribution in [0.15, 0.2) is 48.5 Å². The molecule has 0 fully saturated rings. The van der Waals surface area contributed by atoms with Crippen molar-refractivity contribution >= 4 is 23.0 Å². The van der Waals surface area contributed by atoms with Gasteiger partial charge in [-0.15, -0.1) is 0 Å². The number of phenols is 1. The fraction of sp³-hybridized carbons (Fsp3) is 0.438. The van der Waals surface area contributed by atoms with E-state index in [1.54, 1.807) is 0 Å². The van der Waals surface area contributed by atoms with E-state index >= 15 is 0 Å². The van der Waals surface area contributed by atoms with Gasteiger partial charge in [0.25, 0.3) is 0 Å². The maximum Gasteiger partial charge on any atom is 0.125 e. The Bertz CT molecular complexity index is 1090. The standard InChI is InChI=1S/C32H43ClN2O/c1-19(2)23-9-11-30(28(15-23)21(5)6)34-17-25-13-27(33)14-26(32(25)36)18-35-31-12-10-24(20(3)4)16-29(31)22(7)8/h9-16,19-22,34-36H,17-18H2,1-8H3. The van der Waals surface area contributed by atoms with Gasteiger partial charge in [-0.1, -0.05) is 91.3 Å². The second-order valence-electron chi connectivity index (χ2n) is 11.1. The van der Waals surface area contributed by atoms with Crippen molar-refractivity contribution < 1.29 is 5.11 Å². The first-order valence-electron chi connectivity index (χ1n) is 13.2. The van der Waals surface area contributed by atoms with Gasteiger partial charge >= 0.3 is 0 Å². The van der Waals surface area contributed by atoms with Crippen LogP contribution in [0.4, 0.5) is 11.4 Å². The van der Waals surface area contributed by atoms with Gasteiger partial charge < -0.3 is 15.7 Å². The number of nitrogens with one attached hydrogen (secondary N) is 2. The molecule has 0 saturated heterocycles.